The summed E-state index contributed by atoms with van der Waals surface area (Å²) in [6, 6.07) is 5.94. The summed E-state index contributed by atoms with van der Waals surface area (Å²) in [4.78, 5) is 29.3. The van der Waals surface area contributed by atoms with Crippen molar-refractivity contribution >= 4 is 12.0 Å². The fourth-order valence-corrected chi connectivity index (χ4v) is 4.31. The summed E-state index contributed by atoms with van der Waals surface area (Å²) in [6.45, 7) is 7.47. The maximum atomic E-state index is 13.3. The number of likely N-dealkylation sites (tertiary alicyclic amines) is 2. The van der Waals surface area contributed by atoms with E-state index >= 15 is 0 Å². The van der Waals surface area contributed by atoms with Crippen LogP contribution in [-0.4, -0.2) is 61.3 Å². The van der Waals surface area contributed by atoms with Crippen molar-refractivity contribution in [3.05, 3.63) is 23.8 Å². The fourth-order valence-electron chi connectivity index (χ4n) is 4.31. The summed E-state index contributed by atoms with van der Waals surface area (Å²) < 4.78 is 16.2. The molecule has 2 aliphatic heterocycles. The molecule has 0 aliphatic carbocycles. The first kappa shape index (κ1) is 22.2. The van der Waals surface area contributed by atoms with Gasteiger partial charge in [0.1, 0.15) is 5.60 Å². The average molecular weight is 419 g/mol. The summed E-state index contributed by atoms with van der Waals surface area (Å²) in [7, 11) is 3.24. The van der Waals surface area contributed by atoms with Gasteiger partial charge < -0.3 is 24.0 Å². The molecule has 0 bridgehead atoms. The number of carbonyl (C=O) groups excluding carboxylic acids is 2. The summed E-state index contributed by atoms with van der Waals surface area (Å²) in [5.41, 5.74) is 0.566. The zero-order valence-corrected chi connectivity index (χ0v) is 18.8. The van der Waals surface area contributed by atoms with Gasteiger partial charge in [0.2, 0.25) is 5.91 Å². The Hall–Kier alpha value is -2.44. The van der Waals surface area contributed by atoms with E-state index in [2.05, 4.69) is 0 Å². The zero-order valence-electron chi connectivity index (χ0n) is 18.8. The van der Waals surface area contributed by atoms with E-state index in [1.807, 2.05) is 43.9 Å². The van der Waals surface area contributed by atoms with Crippen LogP contribution in [0.2, 0.25) is 0 Å². The van der Waals surface area contributed by atoms with Gasteiger partial charge in [-0.15, -0.1) is 0 Å². The molecule has 1 aromatic rings. The summed E-state index contributed by atoms with van der Waals surface area (Å²) >= 11 is 0. The Morgan fingerprint density at radius 3 is 2.23 bits per heavy atom. The standard InChI is InChI=1S/C23H34N2O5/c1-23(2,3)30-22(27)24-13-10-16(11-14-24)21(26)25-12-6-7-18(25)17-8-9-19(28-4)20(15-17)29-5/h8-9,15-16,18H,6-7,10-14H2,1-5H3/t18-/m0/s1. The molecule has 7 heteroatoms. The molecule has 2 heterocycles. The highest BCUT2D eigenvalue weighted by Crippen LogP contribution is 2.38. The van der Waals surface area contributed by atoms with Gasteiger partial charge in [-0.2, -0.15) is 0 Å². The first-order valence-corrected chi connectivity index (χ1v) is 10.7. The first-order chi connectivity index (χ1) is 14.2. The van der Waals surface area contributed by atoms with Crippen LogP contribution in [0.1, 0.15) is 58.1 Å². The monoisotopic (exact) mass is 418 g/mol. The number of hydrogen-bond donors (Lipinski definition) is 0. The third-order valence-electron chi connectivity index (χ3n) is 5.82. The lowest BCUT2D eigenvalue weighted by molar-refractivity contribution is -0.138. The Kier molecular flexibility index (Phi) is 6.78. The Morgan fingerprint density at radius 1 is 0.967 bits per heavy atom. The lowest BCUT2D eigenvalue weighted by Crippen LogP contribution is -2.45. The largest absolute Gasteiger partial charge is 0.493 e. The maximum Gasteiger partial charge on any atom is 0.410 e. The normalized spacial score (nSPS) is 20.2. The number of ether oxygens (including phenoxy) is 3. The minimum atomic E-state index is -0.508. The van der Waals surface area contributed by atoms with Crippen LogP contribution in [0.3, 0.4) is 0 Å². The molecule has 2 aliphatic rings. The van der Waals surface area contributed by atoms with Crippen LogP contribution in [0.15, 0.2) is 18.2 Å². The van der Waals surface area contributed by atoms with Gasteiger partial charge in [0.25, 0.3) is 0 Å². The molecule has 2 fully saturated rings. The van der Waals surface area contributed by atoms with Gasteiger partial charge in [0, 0.05) is 25.6 Å². The van der Waals surface area contributed by atoms with Gasteiger partial charge in [-0.3, -0.25) is 4.79 Å². The van der Waals surface area contributed by atoms with E-state index in [1.165, 1.54) is 0 Å². The molecule has 2 amide bonds. The van der Waals surface area contributed by atoms with Crippen molar-refractivity contribution in [2.24, 2.45) is 5.92 Å². The van der Waals surface area contributed by atoms with Crippen LogP contribution in [-0.2, 0) is 9.53 Å². The smallest absolute Gasteiger partial charge is 0.410 e. The summed E-state index contributed by atoms with van der Waals surface area (Å²) in [5.74, 6) is 1.51. The van der Waals surface area contributed by atoms with Crippen molar-refractivity contribution in [3.63, 3.8) is 0 Å². The highest BCUT2D eigenvalue weighted by Gasteiger charge is 2.37. The molecular formula is C23H34N2O5. The Bertz CT molecular complexity index is 765. The van der Waals surface area contributed by atoms with Crippen LogP contribution in [0.25, 0.3) is 0 Å². The van der Waals surface area contributed by atoms with E-state index in [0.717, 1.165) is 24.9 Å². The lowest BCUT2D eigenvalue weighted by Gasteiger charge is -2.35. The van der Waals surface area contributed by atoms with Crippen molar-refractivity contribution in [2.45, 2.75) is 58.1 Å². The molecule has 0 radical (unpaired) electrons. The molecule has 0 N–H and O–H groups in total. The van der Waals surface area contributed by atoms with Gasteiger partial charge in [0.15, 0.2) is 11.5 Å². The van der Waals surface area contributed by atoms with Crippen molar-refractivity contribution < 1.29 is 23.8 Å². The van der Waals surface area contributed by atoms with E-state index < -0.39 is 5.60 Å². The maximum absolute atomic E-state index is 13.3. The number of hydrogen-bond acceptors (Lipinski definition) is 5. The van der Waals surface area contributed by atoms with Crippen molar-refractivity contribution in [3.8, 4) is 11.5 Å². The van der Waals surface area contributed by atoms with Crippen LogP contribution in [0.5, 0.6) is 11.5 Å². The van der Waals surface area contributed by atoms with Crippen LogP contribution >= 0.6 is 0 Å². The van der Waals surface area contributed by atoms with E-state index in [1.54, 1.807) is 19.1 Å². The van der Waals surface area contributed by atoms with Crippen LogP contribution in [0.4, 0.5) is 4.79 Å². The number of piperidine rings is 1. The minimum Gasteiger partial charge on any atom is -0.493 e. The Labute approximate surface area is 179 Å². The molecule has 1 atom stereocenters. The third kappa shape index (κ3) is 4.99. The molecule has 1 aromatic carbocycles. The second-order valence-corrected chi connectivity index (χ2v) is 9.05. The van der Waals surface area contributed by atoms with Crippen molar-refractivity contribution in [1.82, 2.24) is 9.80 Å². The van der Waals surface area contributed by atoms with Gasteiger partial charge in [-0.25, -0.2) is 4.79 Å². The number of nitrogens with zero attached hydrogens (tertiary/aromatic N) is 2. The molecular weight excluding hydrogens is 384 g/mol. The van der Waals surface area contributed by atoms with Gasteiger partial charge in [0.05, 0.1) is 20.3 Å². The number of benzene rings is 1. The molecule has 0 saturated carbocycles. The highest BCUT2D eigenvalue weighted by atomic mass is 16.6. The van der Waals surface area contributed by atoms with E-state index in [0.29, 0.717) is 37.4 Å². The number of methoxy groups -OCH3 is 2. The third-order valence-corrected chi connectivity index (χ3v) is 5.82. The van der Waals surface area contributed by atoms with E-state index in [-0.39, 0.29) is 24.0 Å². The van der Waals surface area contributed by atoms with E-state index in [4.69, 9.17) is 14.2 Å². The lowest BCUT2D eigenvalue weighted by atomic mass is 9.94. The molecule has 7 nitrogen and oxygen atoms in total. The van der Waals surface area contributed by atoms with Gasteiger partial charge in [-0.05, 0) is 64.2 Å². The van der Waals surface area contributed by atoms with Crippen LogP contribution in [0, 0.1) is 5.92 Å². The predicted octanol–water partition coefficient (Wildman–Crippen LogP) is 4.01. The molecule has 0 aromatic heterocycles. The molecule has 30 heavy (non-hydrogen) atoms. The fraction of sp³-hybridized carbons (Fsp3) is 0.652. The molecule has 0 unspecified atom stereocenters. The molecule has 3 rings (SSSR count). The zero-order chi connectivity index (χ0) is 21.9. The van der Waals surface area contributed by atoms with Gasteiger partial charge >= 0.3 is 6.09 Å². The molecule has 166 valence electrons. The Morgan fingerprint density at radius 2 is 1.63 bits per heavy atom. The van der Waals surface area contributed by atoms with Gasteiger partial charge in [-0.1, -0.05) is 6.07 Å². The number of amides is 2. The SMILES string of the molecule is COc1ccc([C@@H]2CCCN2C(=O)C2CCN(C(=O)OC(C)(C)C)CC2)cc1OC. The number of carbonyl (C=O) groups is 2. The van der Waals surface area contributed by atoms with Crippen molar-refractivity contribution in [1.29, 1.82) is 0 Å². The molecule has 2 saturated heterocycles. The van der Waals surface area contributed by atoms with E-state index in [9.17, 15) is 9.59 Å². The second kappa shape index (κ2) is 9.14. The quantitative estimate of drug-likeness (QED) is 0.739. The predicted molar refractivity (Wildman–Crippen MR) is 114 cm³/mol. The minimum absolute atomic E-state index is 0.0515. The second-order valence-electron chi connectivity index (χ2n) is 9.05. The first-order valence-electron chi connectivity index (χ1n) is 10.7. The summed E-state index contributed by atoms with van der Waals surface area (Å²) in [6.07, 6.45) is 2.98. The molecule has 0 spiro atoms. The Balaban J connectivity index is 1.64. The number of rotatable bonds is 4. The average Bonchev–Trinajstić information content (AvgIpc) is 3.21. The van der Waals surface area contributed by atoms with Crippen molar-refractivity contribution in [2.75, 3.05) is 33.9 Å². The highest BCUT2D eigenvalue weighted by molar-refractivity contribution is 5.80. The van der Waals surface area contributed by atoms with Crippen LogP contribution < -0.4 is 9.47 Å². The topological polar surface area (TPSA) is 68.3 Å². The summed E-state index contributed by atoms with van der Waals surface area (Å²) in [5, 5.41) is 0.